The monoisotopic (exact) mass is 296 g/mol. The number of thiocarbonyl (C=S) groups is 1. The summed E-state index contributed by atoms with van der Waals surface area (Å²) in [5, 5.41) is 9.73. The third kappa shape index (κ3) is 3.84. The molecule has 1 amide bonds. The van der Waals surface area contributed by atoms with Crippen molar-refractivity contribution in [2.24, 2.45) is 11.7 Å². The third-order valence-corrected chi connectivity index (χ3v) is 3.48. The van der Waals surface area contributed by atoms with Crippen molar-refractivity contribution in [2.75, 3.05) is 20.2 Å². The lowest BCUT2D eigenvalue weighted by molar-refractivity contribution is 0.0754. The lowest BCUT2D eigenvalue weighted by atomic mass is 10.1. The number of aromatic hydroxyl groups is 1. The molecule has 1 unspecified atom stereocenters. The van der Waals surface area contributed by atoms with Gasteiger partial charge in [0.1, 0.15) is 0 Å². The second kappa shape index (κ2) is 7.09. The van der Waals surface area contributed by atoms with E-state index in [0.717, 1.165) is 0 Å². The standard InChI is InChI=1S/C14H20N2O3S/c1-4-16(8-9(2)13(15)20)14(18)10-5-6-12(19-3)11(17)7-10/h5-7,9,17H,4,8H2,1-3H3,(H2,15,20). The van der Waals surface area contributed by atoms with Crippen molar-refractivity contribution in [1.29, 1.82) is 0 Å². The van der Waals surface area contributed by atoms with Crippen molar-refractivity contribution < 1.29 is 14.6 Å². The molecule has 0 aromatic heterocycles. The van der Waals surface area contributed by atoms with Gasteiger partial charge >= 0.3 is 0 Å². The molecular formula is C14H20N2O3S. The summed E-state index contributed by atoms with van der Waals surface area (Å²) in [6.45, 7) is 4.76. The lowest BCUT2D eigenvalue weighted by Crippen LogP contribution is -2.38. The number of phenols is 1. The van der Waals surface area contributed by atoms with Crippen LogP contribution in [-0.4, -0.2) is 41.1 Å². The predicted molar refractivity (Wildman–Crippen MR) is 82.2 cm³/mol. The molecule has 0 fully saturated rings. The van der Waals surface area contributed by atoms with Gasteiger partial charge in [0.2, 0.25) is 0 Å². The Labute approximate surface area is 124 Å². The summed E-state index contributed by atoms with van der Waals surface area (Å²) in [6.07, 6.45) is 0. The van der Waals surface area contributed by atoms with Gasteiger partial charge in [0.25, 0.3) is 5.91 Å². The zero-order valence-electron chi connectivity index (χ0n) is 11.9. The van der Waals surface area contributed by atoms with Crippen LogP contribution in [-0.2, 0) is 0 Å². The number of benzene rings is 1. The zero-order valence-corrected chi connectivity index (χ0v) is 12.7. The molecule has 0 radical (unpaired) electrons. The number of carbonyl (C=O) groups excluding carboxylic acids is 1. The van der Waals surface area contributed by atoms with Gasteiger partial charge in [-0.25, -0.2) is 0 Å². The van der Waals surface area contributed by atoms with Gasteiger partial charge in [0.15, 0.2) is 11.5 Å². The van der Waals surface area contributed by atoms with E-state index in [9.17, 15) is 9.90 Å². The van der Waals surface area contributed by atoms with E-state index in [4.69, 9.17) is 22.7 Å². The Balaban J connectivity index is 2.91. The van der Waals surface area contributed by atoms with Crippen molar-refractivity contribution in [3.8, 4) is 11.5 Å². The minimum atomic E-state index is -0.173. The van der Waals surface area contributed by atoms with Crippen LogP contribution in [0, 0.1) is 5.92 Å². The van der Waals surface area contributed by atoms with Crippen LogP contribution in [0.1, 0.15) is 24.2 Å². The molecule has 110 valence electrons. The normalized spacial score (nSPS) is 11.8. The first-order valence-corrected chi connectivity index (χ1v) is 6.77. The van der Waals surface area contributed by atoms with Gasteiger partial charge < -0.3 is 20.5 Å². The summed E-state index contributed by atoms with van der Waals surface area (Å²) in [5.74, 6) is 0.0483. The van der Waals surface area contributed by atoms with Crippen molar-refractivity contribution in [1.82, 2.24) is 4.90 Å². The highest BCUT2D eigenvalue weighted by Gasteiger charge is 2.19. The van der Waals surface area contributed by atoms with Gasteiger partial charge in [-0.2, -0.15) is 0 Å². The van der Waals surface area contributed by atoms with Crippen LogP contribution in [0.4, 0.5) is 0 Å². The number of carbonyl (C=O) groups is 1. The number of phenolic OH excluding ortho intramolecular Hbond substituents is 1. The van der Waals surface area contributed by atoms with Crippen molar-refractivity contribution in [2.45, 2.75) is 13.8 Å². The number of nitrogens with zero attached hydrogens (tertiary/aromatic N) is 1. The summed E-state index contributed by atoms with van der Waals surface area (Å²) < 4.78 is 4.95. The molecule has 0 saturated carbocycles. The third-order valence-electron chi connectivity index (χ3n) is 3.07. The van der Waals surface area contributed by atoms with E-state index in [-0.39, 0.29) is 17.6 Å². The van der Waals surface area contributed by atoms with Crippen LogP contribution in [0.3, 0.4) is 0 Å². The van der Waals surface area contributed by atoms with Crippen LogP contribution < -0.4 is 10.5 Å². The molecule has 0 heterocycles. The highest BCUT2D eigenvalue weighted by Crippen LogP contribution is 2.26. The molecule has 1 aromatic carbocycles. The second-order valence-electron chi connectivity index (χ2n) is 4.53. The first-order chi connectivity index (χ1) is 9.40. The Morgan fingerprint density at radius 1 is 1.55 bits per heavy atom. The van der Waals surface area contributed by atoms with Crippen LogP contribution in [0.15, 0.2) is 18.2 Å². The molecule has 0 spiro atoms. The van der Waals surface area contributed by atoms with Gasteiger partial charge in [-0.15, -0.1) is 0 Å². The first-order valence-electron chi connectivity index (χ1n) is 6.36. The minimum absolute atomic E-state index is 0.0549. The van der Waals surface area contributed by atoms with Crippen LogP contribution in [0.25, 0.3) is 0 Å². The fraction of sp³-hybridized carbons (Fsp3) is 0.429. The Morgan fingerprint density at radius 2 is 2.20 bits per heavy atom. The lowest BCUT2D eigenvalue weighted by Gasteiger charge is -2.24. The summed E-state index contributed by atoms with van der Waals surface area (Å²) in [4.78, 5) is 14.4. The van der Waals surface area contributed by atoms with Crippen molar-refractivity contribution >= 4 is 23.1 Å². The van der Waals surface area contributed by atoms with E-state index in [0.29, 0.717) is 29.4 Å². The number of ether oxygens (including phenoxy) is 1. The summed E-state index contributed by atoms with van der Waals surface area (Å²) >= 11 is 4.92. The summed E-state index contributed by atoms with van der Waals surface area (Å²) in [5.41, 5.74) is 5.98. The predicted octanol–water partition coefficient (Wildman–Crippen LogP) is 1.79. The molecule has 0 saturated heterocycles. The Bertz CT molecular complexity index is 505. The molecule has 1 rings (SSSR count). The fourth-order valence-corrected chi connectivity index (χ4v) is 1.86. The van der Waals surface area contributed by atoms with E-state index >= 15 is 0 Å². The molecule has 0 aliphatic carbocycles. The van der Waals surface area contributed by atoms with Gasteiger partial charge in [0, 0.05) is 24.6 Å². The van der Waals surface area contributed by atoms with E-state index in [1.54, 1.807) is 17.0 Å². The number of amides is 1. The topological polar surface area (TPSA) is 75.8 Å². The van der Waals surface area contributed by atoms with Crippen molar-refractivity contribution in [3.63, 3.8) is 0 Å². The van der Waals surface area contributed by atoms with E-state index < -0.39 is 0 Å². The molecule has 1 aromatic rings. The van der Waals surface area contributed by atoms with E-state index in [2.05, 4.69) is 0 Å². The molecule has 5 nitrogen and oxygen atoms in total. The second-order valence-corrected chi connectivity index (χ2v) is 5.01. The zero-order chi connectivity index (χ0) is 15.3. The highest BCUT2D eigenvalue weighted by atomic mass is 32.1. The number of hydrogen-bond acceptors (Lipinski definition) is 4. The Kier molecular flexibility index (Phi) is 5.76. The van der Waals surface area contributed by atoms with Crippen LogP contribution in [0.5, 0.6) is 11.5 Å². The maximum absolute atomic E-state index is 12.4. The number of hydrogen-bond donors (Lipinski definition) is 2. The highest BCUT2D eigenvalue weighted by molar-refractivity contribution is 7.80. The largest absolute Gasteiger partial charge is 0.504 e. The smallest absolute Gasteiger partial charge is 0.254 e. The Morgan fingerprint density at radius 3 is 2.65 bits per heavy atom. The molecular weight excluding hydrogens is 276 g/mol. The van der Waals surface area contributed by atoms with Crippen LogP contribution in [0.2, 0.25) is 0 Å². The number of nitrogens with two attached hydrogens (primary N) is 1. The van der Waals surface area contributed by atoms with Gasteiger partial charge in [0.05, 0.1) is 12.1 Å². The molecule has 20 heavy (non-hydrogen) atoms. The Hall–Kier alpha value is -1.82. The fourth-order valence-electron chi connectivity index (χ4n) is 1.78. The van der Waals surface area contributed by atoms with Gasteiger partial charge in [-0.1, -0.05) is 19.1 Å². The summed E-state index contributed by atoms with van der Waals surface area (Å²) in [6, 6.07) is 4.58. The summed E-state index contributed by atoms with van der Waals surface area (Å²) in [7, 11) is 1.46. The van der Waals surface area contributed by atoms with E-state index in [1.165, 1.54) is 13.2 Å². The maximum atomic E-state index is 12.4. The molecule has 0 bridgehead atoms. The quantitative estimate of drug-likeness (QED) is 0.783. The van der Waals surface area contributed by atoms with Gasteiger partial charge in [-0.3, -0.25) is 4.79 Å². The molecule has 6 heteroatoms. The average molecular weight is 296 g/mol. The molecule has 0 aliphatic heterocycles. The number of rotatable bonds is 6. The molecule has 0 aliphatic rings. The van der Waals surface area contributed by atoms with Crippen molar-refractivity contribution in [3.05, 3.63) is 23.8 Å². The van der Waals surface area contributed by atoms with Crippen LogP contribution >= 0.6 is 12.2 Å². The maximum Gasteiger partial charge on any atom is 0.254 e. The molecule has 3 N–H and O–H groups in total. The SMILES string of the molecule is CCN(CC(C)C(N)=S)C(=O)c1ccc(OC)c(O)c1. The van der Waals surface area contributed by atoms with Gasteiger partial charge in [-0.05, 0) is 25.1 Å². The minimum Gasteiger partial charge on any atom is -0.504 e. The van der Waals surface area contributed by atoms with E-state index in [1.807, 2.05) is 13.8 Å². The average Bonchev–Trinajstić information content (AvgIpc) is 2.43. The molecule has 1 atom stereocenters. The first kappa shape index (κ1) is 16.2. The number of methoxy groups -OCH3 is 1.